The van der Waals surface area contributed by atoms with E-state index in [1.54, 1.807) is 11.8 Å². The summed E-state index contributed by atoms with van der Waals surface area (Å²) in [5.41, 5.74) is 2.69. The van der Waals surface area contributed by atoms with E-state index in [0.717, 1.165) is 29.3 Å². The topological polar surface area (TPSA) is 74.4 Å². The monoisotopic (exact) mass is 329 g/mol. The molecule has 0 spiro atoms. The summed E-state index contributed by atoms with van der Waals surface area (Å²) < 4.78 is 5.01. The van der Waals surface area contributed by atoms with Gasteiger partial charge in [0.1, 0.15) is 5.69 Å². The summed E-state index contributed by atoms with van der Waals surface area (Å²) >= 11 is 0. The van der Waals surface area contributed by atoms with Crippen molar-refractivity contribution in [2.45, 2.75) is 32.7 Å². The number of aromatic nitrogens is 1. The number of benzene rings is 1. The molecule has 2 amide bonds. The average Bonchev–Trinajstić information content (AvgIpc) is 3.01. The van der Waals surface area contributed by atoms with Gasteiger partial charge in [-0.05, 0) is 44.4 Å². The van der Waals surface area contributed by atoms with Crippen LogP contribution in [0, 0.1) is 6.92 Å². The van der Waals surface area contributed by atoms with Crippen LogP contribution in [-0.4, -0.2) is 47.6 Å². The molecule has 1 fully saturated rings. The number of ether oxygens (including phenoxy) is 1. The van der Waals surface area contributed by atoms with E-state index >= 15 is 0 Å². The van der Waals surface area contributed by atoms with Crippen LogP contribution in [0.3, 0.4) is 0 Å². The molecule has 1 aliphatic rings. The number of rotatable bonds is 3. The van der Waals surface area contributed by atoms with Crippen LogP contribution in [0.15, 0.2) is 24.3 Å². The number of aromatic amines is 1. The minimum atomic E-state index is -0.270. The molecule has 2 N–H and O–H groups in total. The van der Waals surface area contributed by atoms with Crippen LogP contribution in [0.4, 0.5) is 4.79 Å². The molecule has 0 unspecified atom stereocenters. The van der Waals surface area contributed by atoms with Crippen LogP contribution >= 0.6 is 0 Å². The minimum Gasteiger partial charge on any atom is -0.450 e. The second kappa shape index (κ2) is 6.95. The minimum absolute atomic E-state index is 0.0793. The highest BCUT2D eigenvalue weighted by Gasteiger charge is 2.25. The van der Waals surface area contributed by atoms with Gasteiger partial charge in [-0.2, -0.15) is 0 Å². The zero-order valence-electron chi connectivity index (χ0n) is 14.1. The van der Waals surface area contributed by atoms with Crippen molar-refractivity contribution in [2.24, 2.45) is 0 Å². The first-order valence-electron chi connectivity index (χ1n) is 8.39. The molecule has 0 aliphatic carbocycles. The van der Waals surface area contributed by atoms with E-state index in [4.69, 9.17) is 4.74 Å². The summed E-state index contributed by atoms with van der Waals surface area (Å²) in [7, 11) is 0. The summed E-state index contributed by atoms with van der Waals surface area (Å²) in [5.74, 6) is -0.0971. The first-order chi connectivity index (χ1) is 11.6. The number of likely N-dealkylation sites (tertiary alicyclic amines) is 1. The van der Waals surface area contributed by atoms with E-state index in [1.165, 1.54) is 0 Å². The molecule has 0 atom stereocenters. The molecule has 2 aromatic rings. The average molecular weight is 329 g/mol. The van der Waals surface area contributed by atoms with Gasteiger partial charge in [-0.15, -0.1) is 0 Å². The van der Waals surface area contributed by atoms with Gasteiger partial charge >= 0.3 is 6.09 Å². The predicted octanol–water partition coefficient (Wildman–Crippen LogP) is 2.83. The predicted molar refractivity (Wildman–Crippen MR) is 92.1 cm³/mol. The zero-order valence-corrected chi connectivity index (χ0v) is 14.1. The molecule has 128 valence electrons. The van der Waals surface area contributed by atoms with Crippen molar-refractivity contribution in [3.8, 4) is 0 Å². The standard InChI is InChI=1S/C18H23N3O3/c1-3-24-18(23)21-9-7-13(8-10-21)19-17(22)16-11-14-12(2)5-4-6-15(14)20-16/h4-6,11,13,20H,3,7-10H2,1-2H3,(H,19,22). The number of hydrogen-bond donors (Lipinski definition) is 2. The van der Waals surface area contributed by atoms with Crippen LogP contribution in [0.2, 0.25) is 0 Å². The highest BCUT2D eigenvalue weighted by atomic mass is 16.6. The van der Waals surface area contributed by atoms with Crippen LogP contribution < -0.4 is 5.32 Å². The highest BCUT2D eigenvalue weighted by Crippen LogP contribution is 2.19. The van der Waals surface area contributed by atoms with Crippen molar-refractivity contribution in [1.82, 2.24) is 15.2 Å². The molecule has 24 heavy (non-hydrogen) atoms. The Kier molecular flexibility index (Phi) is 4.74. The summed E-state index contributed by atoms with van der Waals surface area (Å²) in [6, 6.07) is 7.95. The fourth-order valence-corrected chi connectivity index (χ4v) is 3.11. The Bertz CT molecular complexity index is 745. The molecule has 1 aromatic heterocycles. The van der Waals surface area contributed by atoms with E-state index < -0.39 is 0 Å². The van der Waals surface area contributed by atoms with Gasteiger partial charge in [0.05, 0.1) is 6.61 Å². The number of aryl methyl sites for hydroxylation is 1. The van der Waals surface area contributed by atoms with E-state index in [9.17, 15) is 9.59 Å². The number of carbonyl (C=O) groups excluding carboxylic acids is 2. The Morgan fingerprint density at radius 3 is 2.75 bits per heavy atom. The molecule has 0 radical (unpaired) electrons. The van der Waals surface area contributed by atoms with E-state index in [1.807, 2.05) is 31.2 Å². The van der Waals surface area contributed by atoms with Gasteiger partial charge < -0.3 is 19.9 Å². The largest absolute Gasteiger partial charge is 0.450 e. The number of carbonyl (C=O) groups is 2. The maximum Gasteiger partial charge on any atom is 0.409 e. The maximum absolute atomic E-state index is 12.5. The van der Waals surface area contributed by atoms with Crippen molar-refractivity contribution in [2.75, 3.05) is 19.7 Å². The van der Waals surface area contributed by atoms with Gasteiger partial charge in [0, 0.05) is 30.0 Å². The van der Waals surface area contributed by atoms with Crippen molar-refractivity contribution in [3.05, 3.63) is 35.5 Å². The Morgan fingerprint density at radius 2 is 2.08 bits per heavy atom. The molecule has 1 aromatic carbocycles. The Hall–Kier alpha value is -2.50. The fraction of sp³-hybridized carbons (Fsp3) is 0.444. The van der Waals surface area contributed by atoms with Gasteiger partial charge in [-0.25, -0.2) is 4.79 Å². The summed E-state index contributed by atoms with van der Waals surface area (Å²) in [4.78, 5) is 29.0. The number of nitrogens with one attached hydrogen (secondary N) is 2. The lowest BCUT2D eigenvalue weighted by Crippen LogP contribution is -2.46. The first kappa shape index (κ1) is 16.4. The molecule has 0 bridgehead atoms. The SMILES string of the molecule is CCOC(=O)N1CCC(NC(=O)c2cc3c(C)cccc3[nH]2)CC1. The van der Waals surface area contributed by atoms with Gasteiger partial charge in [0.15, 0.2) is 0 Å². The van der Waals surface area contributed by atoms with Gasteiger partial charge in [0.2, 0.25) is 0 Å². The van der Waals surface area contributed by atoms with Crippen molar-refractivity contribution in [3.63, 3.8) is 0 Å². The fourth-order valence-electron chi connectivity index (χ4n) is 3.11. The summed E-state index contributed by atoms with van der Waals surface area (Å²) in [6.07, 6.45) is 1.21. The molecule has 0 saturated carbocycles. The Balaban J connectivity index is 1.59. The van der Waals surface area contributed by atoms with Gasteiger partial charge in [-0.1, -0.05) is 12.1 Å². The normalized spacial score (nSPS) is 15.5. The third-order valence-electron chi connectivity index (χ3n) is 4.48. The lowest BCUT2D eigenvalue weighted by Gasteiger charge is -2.31. The lowest BCUT2D eigenvalue weighted by atomic mass is 10.1. The first-order valence-corrected chi connectivity index (χ1v) is 8.39. The van der Waals surface area contributed by atoms with Gasteiger partial charge in [-0.3, -0.25) is 4.79 Å². The summed E-state index contributed by atoms with van der Waals surface area (Å²) in [5, 5.41) is 4.13. The molecule has 3 rings (SSSR count). The number of nitrogens with zero attached hydrogens (tertiary/aromatic N) is 1. The number of piperidine rings is 1. The molecule has 2 heterocycles. The molecular weight excluding hydrogens is 306 g/mol. The molecule has 6 nitrogen and oxygen atoms in total. The molecule has 6 heteroatoms. The molecular formula is C18H23N3O3. The van der Waals surface area contributed by atoms with E-state index in [0.29, 0.717) is 25.4 Å². The summed E-state index contributed by atoms with van der Waals surface area (Å²) in [6.45, 7) is 5.43. The van der Waals surface area contributed by atoms with Gasteiger partial charge in [0.25, 0.3) is 5.91 Å². The van der Waals surface area contributed by atoms with Crippen LogP contribution in [0.1, 0.15) is 35.8 Å². The van der Waals surface area contributed by atoms with Crippen LogP contribution in [0.25, 0.3) is 10.9 Å². The second-order valence-corrected chi connectivity index (χ2v) is 6.15. The van der Waals surface area contributed by atoms with Crippen LogP contribution in [-0.2, 0) is 4.74 Å². The number of amides is 2. The third kappa shape index (κ3) is 3.37. The number of H-pyrrole nitrogens is 1. The lowest BCUT2D eigenvalue weighted by molar-refractivity contribution is 0.0857. The van der Waals surface area contributed by atoms with Crippen LogP contribution in [0.5, 0.6) is 0 Å². The number of fused-ring (bicyclic) bond motifs is 1. The quantitative estimate of drug-likeness (QED) is 0.909. The Morgan fingerprint density at radius 1 is 1.33 bits per heavy atom. The van der Waals surface area contributed by atoms with E-state index in [2.05, 4.69) is 10.3 Å². The molecule has 1 aliphatic heterocycles. The molecule has 1 saturated heterocycles. The maximum atomic E-state index is 12.5. The zero-order chi connectivity index (χ0) is 17.1. The van der Waals surface area contributed by atoms with Crippen molar-refractivity contribution in [1.29, 1.82) is 0 Å². The van der Waals surface area contributed by atoms with Crippen molar-refractivity contribution >= 4 is 22.9 Å². The highest BCUT2D eigenvalue weighted by molar-refractivity contribution is 5.98. The Labute approximate surface area is 141 Å². The van der Waals surface area contributed by atoms with Crippen molar-refractivity contribution < 1.29 is 14.3 Å². The number of hydrogen-bond acceptors (Lipinski definition) is 3. The second-order valence-electron chi connectivity index (χ2n) is 6.15. The smallest absolute Gasteiger partial charge is 0.409 e. The third-order valence-corrected chi connectivity index (χ3v) is 4.48. The van der Waals surface area contributed by atoms with E-state index in [-0.39, 0.29) is 18.0 Å².